The van der Waals surface area contributed by atoms with Gasteiger partial charge in [0, 0.05) is 12.5 Å². The maximum absolute atomic E-state index is 13.8. The third-order valence-corrected chi connectivity index (χ3v) is 10.6. The SMILES string of the molecule is O=C(Cc1ccc(C(F)(F)F)cc1)NC1CCCCC/C=C\C2CC2(C(=O)NS(=O)(=O)C2CC2)NC(=O)C2CCCN2C1=O. The molecule has 0 bridgehead atoms. The summed E-state index contributed by atoms with van der Waals surface area (Å²) < 4.78 is 65.9. The van der Waals surface area contributed by atoms with Gasteiger partial charge < -0.3 is 15.5 Å². The molecule has 2 saturated carbocycles. The number of amides is 4. The van der Waals surface area contributed by atoms with Crippen molar-refractivity contribution >= 4 is 33.7 Å². The molecule has 0 spiro atoms. The van der Waals surface area contributed by atoms with Crippen LogP contribution >= 0.6 is 0 Å². The number of benzene rings is 1. The normalized spacial score (nSPS) is 28.9. The molecule has 3 fully saturated rings. The second-order valence-corrected chi connectivity index (χ2v) is 14.2. The summed E-state index contributed by atoms with van der Waals surface area (Å²) in [6.07, 6.45) is 4.23. The average Bonchev–Trinajstić information content (AvgIpc) is 3.87. The Morgan fingerprint density at radius 3 is 2.41 bits per heavy atom. The Morgan fingerprint density at radius 1 is 1.00 bits per heavy atom. The van der Waals surface area contributed by atoms with Crippen LogP contribution in [0.15, 0.2) is 36.4 Å². The molecule has 4 aliphatic rings. The zero-order chi connectivity index (χ0) is 31.7. The molecule has 4 amide bonds. The van der Waals surface area contributed by atoms with Crippen LogP contribution in [0.5, 0.6) is 0 Å². The van der Waals surface area contributed by atoms with Gasteiger partial charge in [0.1, 0.15) is 17.6 Å². The Kier molecular flexibility index (Phi) is 9.11. The van der Waals surface area contributed by atoms with E-state index in [-0.39, 0.29) is 25.3 Å². The third kappa shape index (κ3) is 7.27. The maximum atomic E-state index is 13.8. The van der Waals surface area contributed by atoms with Crippen molar-refractivity contribution in [2.75, 3.05) is 6.54 Å². The van der Waals surface area contributed by atoms with Crippen LogP contribution in [0.2, 0.25) is 0 Å². The zero-order valence-corrected chi connectivity index (χ0v) is 25.0. The van der Waals surface area contributed by atoms with Gasteiger partial charge in [-0.05, 0) is 69.1 Å². The van der Waals surface area contributed by atoms with Crippen molar-refractivity contribution in [2.45, 2.75) is 99.7 Å². The molecule has 2 aliphatic carbocycles. The molecule has 2 heterocycles. The van der Waals surface area contributed by atoms with E-state index < -0.39 is 68.3 Å². The lowest BCUT2D eigenvalue weighted by atomic mass is 10.0. The van der Waals surface area contributed by atoms with Crippen molar-refractivity contribution in [1.82, 2.24) is 20.3 Å². The standard InChI is InChI=1S/C30H37F3N4O6S/c31-30(32,33)20-12-10-19(11-13-20)17-25(38)34-23-8-5-3-1-2-4-7-21-18-29(21,28(41)36-44(42,43)22-14-15-22)35-26(39)24-9-6-16-37(24)27(23)40/h4,7,10-13,21-24H,1-3,5-6,8-9,14-18H2,(H,34,38)(H,35,39)(H,36,41)/b7-4-. The number of fused-ring (bicyclic) bond motifs is 2. The Labute approximate surface area is 254 Å². The quantitative estimate of drug-likeness (QED) is 0.410. The fraction of sp³-hybridized carbons (Fsp3) is 0.600. The number of halogens is 3. The molecular weight excluding hydrogens is 601 g/mol. The smallest absolute Gasteiger partial charge is 0.344 e. The van der Waals surface area contributed by atoms with Gasteiger partial charge in [0.05, 0.1) is 17.2 Å². The first-order valence-corrected chi connectivity index (χ1v) is 16.7. The minimum Gasteiger partial charge on any atom is -0.344 e. The largest absolute Gasteiger partial charge is 0.416 e. The molecule has 2 aliphatic heterocycles. The van der Waals surface area contributed by atoms with Crippen LogP contribution in [0.1, 0.15) is 75.3 Å². The van der Waals surface area contributed by atoms with Gasteiger partial charge in [-0.15, -0.1) is 0 Å². The molecule has 1 aromatic carbocycles. The van der Waals surface area contributed by atoms with Crippen molar-refractivity contribution in [2.24, 2.45) is 5.92 Å². The van der Waals surface area contributed by atoms with Crippen molar-refractivity contribution in [3.05, 3.63) is 47.5 Å². The number of hydrogen-bond acceptors (Lipinski definition) is 6. The summed E-state index contributed by atoms with van der Waals surface area (Å²) in [4.78, 5) is 55.0. The van der Waals surface area contributed by atoms with Gasteiger partial charge in [-0.3, -0.25) is 23.9 Å². The fourth-order valence-electron chi connectivity index (χ4n) is 6.02. The van der Waals surface area contributed by atoms with Crippen molar-refractivity contribution < 1.29 is 40.8 Å². The molecule has 0 radical (unpaired) electrons. The molecule has 1 aromatic rings. The first kappa shape index (κ1) is 32.0. The number of hydrogen-bond donors (Lipinski definition) is 3. The number of carbonyl (C=O) groups is 4. The Hall–Kier alpha value is -3.42. The molecule has 10 nitrogen and oxygen atoms in total. The highest BCUT2D eigenvalue weighted by atomic mass is 32.2. The van der Waals surface area contributed by atoms with E-state index in [0.717, 1.165) is 25.0 Å². The van der Waals surface area contributed by atoms with Crippen molar-refractivity contribution in [1.29, 1.82) is 0 Å². The first-order valence-electron chi connectivity index (χ1n) is 15.1. The minimum absolute atomic E-state index is 0.223. The molecule has 4 atom stereocenters. The molecule has 3 N–H and O–H groups in total. The van der Waals surface area contributed by atoms with E-state index in [1.165, 1.54) is 17.0 Å². The minimum atomic E-state index is -4.50. The lowest BCUT2D eigenvalue weighted by molar-refractivity contribution is -0.142. The summed E-state index contributed by atoms with van der Waals surface area (Å²) in [6.45, 7) is 0.265. The lowest BCUT2D eigenvalue weighted by Gasteiger charge is -2.30. The molecule has 14 heteroatoms. The second-order valence-electron chi connectivity index (χ2n) is 12.2. The Morgan fingerprint density at radius 2 is 1.73 bits per heavy atom. The van der Waals surface area contributed by atoms with Gasteiger partial charge in [-0.1, -0.05) is 37.1 Å². The van der Waals surface area contributed by atoms with Gasteiger partial charge >= 0.3 is 6.18 Å². The van der Waals surface area contributed by atoms with Gasteiger partial charge in [-0.25, -0.2) is 8.42 Å². The summed E-state index contributed by atoms with van der Waals surface area (Å²) in [7, 11) is -3.84. The Balaban J connectivity index is 1.30. The molecular formula is C30H37F3N4O6S. The van der Waals surface area contributed by atoms with Crippen LogP contribution in [0.4, 0.5) is 13.2 Å². The first-order chi connectivity index (χ1) is 20.8. The van der Waals surface area contributed by atoms with E-state index in [0.29, 0.717) is 50.5 Å². The summed E-state index contributed by atoms with van der Waals surface area (Å²) in [5, 5.41) is 4.92. The highest BCUT2D eigenvalue weighted by molar-refractivity contribution is 7.91. The number of rotatable bonds is 6. The molecule has 0 aromatic heterocycles. The molecule has 44 heavy (non-hydrogen) atoms. The Bertz CT molecular complexity index is 1430. The summed E-state index contributed by atoms with van der Waals surface area (Å²) in [5.41, 5.74) is -1.90. The van der Waals surface area contributed by atoms with E-state index >= 15 is 0 Å². The zero-order valence-electron chi connectivity index (χ0n) is 24.2. The van der Waals surface area contributed by atoms with Crippen LogP contribution in [-0.2, 0) is 41.8 Å². The fourth-order valence-corrected chi connectivity index (χ4v) is 7.38. The van der Waals surface area contributed by atoms with Gasteiger partial charge in [0.2, 0.25) is 27.7 Å². The van der Waals surface area contributed by atoms with Gasteiger partial charge in [0.15, 0.2) is 0 Å². The lowest BCUT2D eigenvalue weighted by Crippen LogP contribution is -2.58. The summed E-state index contributed by atoms with van der Waals surface area (Å²) >= 11 is 0. The third-order valence-electron chi connectivity index (χ3n) is 8.81. The number of alkyl halides is 3. The molecule has 1 saturated heterocycles. The molecule has 4 unspecified atom stereocenters. The predicted octanol–water partition coefficient (Wildman–Crippen LogP) is 2.73. The number of carbonyl (C=O) groups excluding carboxylic acids is 4. The van der Waals surface area contributed by atoms with E-state index in [2.05, 4.69) is 15.4 Å². The van der Waals surface area contributed by atoms with Crippen LogP contribution in [0, 0.1) is 5.92 Å². The van der Waals surface area contributed by atoms with E-state index in [9.17, 15) is 40.8 Å². The topological polar surface area (TPSA) is 142 Å². The van der Waals surface area contributed by atoms with Crippen LogP contribution < -0.4 is 15.4 Å². The van der Waals surface area contributed by atoms with Crippen LogP contribution in [-0.4, -0.2) is 66.4 Å². The maximum Gasteiger partial charge on any atom is 0.416 e. The number of sulfonamides is 1. The molecule has 5 rings (SSSR count). The van der Waals surface area contributed by atoms with Crippen molar-refractivity contribution in [3.8, 4) is 0 Å². The highest BCUT2D eigenvalue weighted by Crippen LogP contribution is 2.46. The summed E-state index contributed by atoms with van der Waals surface area (Å²) in [5.74, 6) is -2.69. The average molecular weight is 639 g/mol. The number of nitrogens with one attached hydrogen (secondary N) is 3. The van der Waals surface area contributed by atoms with E-state index in [1.807, 2.05) is 12.2 Å². The van der Waals surface area contributed by atoms with Crippen LogP contribution in [0.3, 0.4) is 0 Å². The number of nitrogens with zero attached hydrogens (tertiary/aromatic N) is 1. The monoisotopic (exact) mass is 638 g/mol. The van der Waals surface area contributed by atoms with E-state index in [1.54, 1.807) is 0 Å². The van der Waals surface area contributed by atoms with Gasteiger partial charge in [-0.2, -0.15) is 13.2 Å². The number of allylic oxidation sites excluding steroid dienone is 1. The van der Waals surface area contributed by atoms with Gasteiger partial charge in [0.25, 0.3) is 5.91 Å². The second kappa shape index (κ2) is 12.5. The molecule has 240 valence electrons. The van der Waals surface area contributed by atoms with Crippen LogP contribution in [0.25, 0.3) is 0 Å². The summed E-state index contributed by atoms with van der Waals surface area (Å²) in [6, 6.07) is 2.40. The van der Waals surface area contributed by atoms with Crippen molar-refractivity contribution in [3.63, 3.8) is 0 Å². The highest BCUT2D eigenvalue weighted by Gasteiger charge is 2.61. The van der Waals surface area contributed by atoms with E-state index in [4.69, 9.17) is 0 Å². The predicted molar refractivity (Wildman–Crippen MR) is 153 cm³/mol.